The van der Waals surface area contributed by atoms with Crippen molar-refractivity contribution in [3.05, 3.63) is 33.9 Å². The summed E-state index contributed by atoms with van der Waals surface area (Å²) in [6.07, 6.45) is 4.18. The number of hydrogen-bond acceptors (Lipinski definition) is 4. The highest BCUT2D eigenvalue weighted by molar-refractivity contribution is 6.33. The molecule has 0 bridgehead atoms. The van der Waals surface area contributed by atoms with Crippen molar-refractivity contribution in [2.45, 2.75) is 52.6 Å². The number of aryl methyl sites for hydroxylation is 3. The second-order valence-electron chi connectivity index (χ2n) is 5.77. The van der Waals surface area contributed by atoms with E-state index in [1.165, 1.54) is 6.20 Å². The van der Waals surface area contributed by atoms with E-state index in [9.17, 15) is 4.79 Å². The fourth-order valence-corrected chi connectivity index (χ4v) is 3.59. The molecule has 0 radical (unpaired) electrons. The number of carbonyl (C=O) groups is 1. The SMILES string of the molecule is CCc1onc(C)c1[C@@H]1CCCN1C(=O)c1c(Cl)cnn1CC. The molecule has 1 amide bonds. The number of hydrogen-bond donors (Lipinski definition) is 0. The Balaban J connectivity index is 1.97. The highest BCUT2D eigenvalue weighted by Crippen LogP contribution is 2.37. The van der Waals surface area contributed by atoms with Gasteiger partial charge in [-0.3, -0.25) is 9.48 Å². The van der Waals surface area contributed by atoms with Crippen LogP contribution in [0.2, 0.25) is 5.02 Å². The van der Waals surface area contributed by atoms with E-state index in [0.717, 1.165) is 36.3 Å². The van der Waals surface area contributed by atoms with Gasteiger partial charge in [-0.15, -0.1) is 0 Å². The molecule has 0 saturated carbocycles. The van der Waals surface area contributed by atoms with Gasteiger partial charge in [0.2, 0.25) is 0 Å². The lowest BCUT2D eigenvalue weighted by Crippen LogP contribution is -2.33. The van der Waals surface area contributed by atoms with Crippen molar-refractivity contribution in [3.8, 4) is 0 Å². The molecule has 0 aliphatic carbocycles. The van der Waals surface area contributed by atoms with Crippen LogP contribution in [0.5, 0.6) is 0 Å². The molecule has 0 spiro atoms. The second-order valence-corrected chi connectivity index (χ2v) is 6.18. The molecule has 7 heteroatoms. The molecule has 3 rings (SSSR count). The molecule has 124 valence electrons. The van der Waals surface area contributed by atoms with Crippen molar-refractivity contribution in [3.63, 3.8) is 0 Å². The van der Waals surface area contributed by atoms with Crippen LogP contribution in [0.1, 0.15) is 60.2 Å². The Morgan fingerprint density at radius 1 is 1.48 bits per heavy atom. The Morgan fingerprint density at radius 2 is 2.26 bits per heavy atom. The number of halogens is 1. The largest absolute Gasteiger partial charge is 0.361 e. The van der Waals surface area contributed by atoms with Crippen molar-refractivity contribution >= 4 is 17.5 Å². The van der Waals surface area contributed by atoms with Crippen molar-refractivity contribution in [1.82, 2.24) is 19.8 Å². The molecule has 1 saturated heterocycles. The summed E-state index contributed by atoms with van der Waals surface area (Å²) in [4.78, 5) is 14.9. The van der Waals surface area contributed by atoms with E-state index in [1.54, 1.807) is 4.68 Å². The zero-order valence-corrected chi connectivity index (χ0v) is 14.4. The van der Waals surface area contributed by atoms with Gasteiger partial charge in [-0.05, 0) is 26.7 Å². The van der Waals surface area contributed by atoms with Crippen LogP contribution in [0.15, 0.2) is 10.7 Å². The van der Waals surface area contributed by atoms with Gasteiger partial charge in [-0.1, -0.05) is 23.7 Å². The van der Waals surface area contributed by atoms with Crippen LogP contribution < -0.4 is 0 Å². The number of likely N-dealkylation sites (tertiary alicyclic amines) is 1. The van der Waals surface area contributed by atoms with Gasteiger partial charge in [0.25, 0.3) is 5.91 Å². The average molecular weight is 337 g/mol. The molecule has 1 fully saturated rings. The molecular weight excluding hydrogens is 316 g/mol. The number of rotatable bonds is 4. The lowest BCUT2D eigenvalue weighted by molar-refractivity contribution is 0.0722. The van der Waals surface area contributed by atoms with Crippen LogP contribution >= 0.6 is 11.6 Å². The fraction of sp³-hybridized carbons (Fsp3) is 0.562. The Morgan fingerprint density at radius 3 is 2.96 bits per heavy atom. The minimum absolute atomic E-state index is 0.0000252. The van der Waals surface area contributed by atoms with Gasteiger partial charge in [0.15, 0.2) is 0 Å². The topological polar surface area (TPSA) is 64.2 Å². The van der Waals surface area contributed by atoms with Crippen LogP contribution in [-0.2, 0) is 13.0 Å². The lowest BCUT2D eigenvalue weighted by Gasteiger charge is -2.25. The Bertz CT molecular complexity index is 722. The Hall–Kier alpha value is -1.82. The van der Waals surface area contributed by atoms with E-state index >= 15 is 0 Å². The van der Waals surface area contributed by atoms with Gasteiger partial charge in [0, 0.05) is 25.1 Å². The van der Waals surface area contributed by atoms with E-state index in [4.69, 9.17) is 16.1 Å². The number of nitrogens with zero attached hydrogens (tertiary/aromatic N) is 4. The standard InChI is InChI=1S/C16H21ClN4O2/c1-4-13-14(10(3)19-23-13)12-7-6-8-20(12)16(22)15-11(17)9-18-21(15)5-2/h9,12H,4-8H2,1-3H3/t12-/m0/s1. The molecule has 23 heavy (non-hydrogen) atoms. The quantitative estimate of drug-likeness (QED) is 0.858. The fourth-order valence-electron chi connectivity index (χ4n) is 3.37. The first kappa shape index (κ1) is 16.1. The van der Waals surface area contributed by atoms with Crippen molar-refractivity contribution in [2.75, 3.05) is 6.54 Å². The maximum Gasteiger partial charge on any atom is 0.274 e. The van der Waals surface area contributed by atoms with E-state index < -0.39 is 0 Å². The maximum absolute atomic E-state index is 13.1. The predicted octanol–water partition coefficient (Wildman–Crippen LogP) is 3.39. The molecule has 0 N–H and O–H groups in total. The Labute approximate surface area is 140 Å². The molecular formula is C16H21ClN4O2. The molecule has 2 aromatic rings. The smallest absolute Gasteiger partial charge is 0.274 e. The third-order valence-corrected chi connectivity index (χ3v) is 4.72. The molecule has 0 aromatic carbocycles. The van der Waals surface area contributed by atoms with Gasteiger partial charge in [0.1, 0.15) is 11.5 Å². The monoisotopic (exact) mass is 336 g/mol. The summed E-state index contributed by atoms with van der Waals surface area (Å²) in [7, 11) is 0. The second kappa shape index (κ2) is 6.35. The van der Waals surface area contributed by atoms with Crippen LogP contribution in [-0.4, -0.2) is 32.3 Å². The van der Waals surface area contributed by atoms with Gasteiger partial charge < -0.3 is 9.42 Å². The van der Waals surface area contributed by atoms with Crippen molar-refractivity contribution in [2.24, 2.45) is 0 Å². The van der Waals surface area contributed by atoms with Crippen molar-refractivity contribution in [1.29, 1.82) is 0 Å². The number of carbonyl (C=O) groups excluding carboxylic acids is 1. The third kappa shape index (κ3) is 2.65. The molecule has 1 aliphatic heterocycles. The summed E-state index contributed by atoms with van der Waals surface area (Å²) >= 11 is 6.20. The van der Waals surface area contributed by atoms with Crippen LogP contribution in [0, 0.1) is 6.92 Å². The van der Waals surface area contributed by atoms with Gasteiger partial charge in [0.05, 0.1) is 23.0 Å². The average Bonchev–Trinajstić information content (AvgIpc) is 3.24. The first-order valence-electron chi connectivity index (χ1n) is 8.05. The van der Waals surface area contributed by atoms with Gasteiger partial charge in [-0.2, -0.15) is 5.10 Å². The summed E-state index contributed by atoms with van der Waals surface area (Å²) in [5.41, 5.74) is 2.38. The first-order valence-corrected chi connectivity index (χ1v) is 8.43. The van der Waals surface area contributed by atoms with E-state index in [1.807, 2.05) is 25.7 Å². The zero-order valence-electron chi connectivity index (χ0n) is 13.7. The molecule has 1 aliphatic rings. The molecule has 3 heterocycles. The van der Waals surface area contributed by atoms with Gasteiger partial charge in [-0.25, -0.2) is 0 Å². The highest BCUT2D eigenvalue weighted by atomic mass is 35.5. The molecule has 6 nitrogen and oxygen atoms in total. The first-order chi connectivity index (χ1) is 11.1. The van der Waals surface area contributed by atoms with Crippen LogP contribution in [0.3, 0.4) is 0 Å². The molecule has 1 atom stereocenters. The normalized spacial score (nSPS) is 17.9. The molecule has 2 aromatic heterocycles. The summed E-state index contributed by atoms with van der Waals surface area (Å²) < 4.78 is 7.07. The predicted molar refractivity (Wildman–Crippen MR) is 86.5 cm³/mol. The summed E-state index contributed by atoms with van der Waals surface area (Å²) in [6, 6.07) is -0.0000252. The minimum Gasteiger partial charge on any atom is -0.361 e. The zero-order chi connectivity index (χ0) is 16.6. The Kier molecular flexibility index (Phi) is 4.43. The van der Waals surface area contributed by atoms with Crippen molar-refractivity contribution < 1.29 is 9.32 Å². The number of aromatic nitrogens is 3. The van der Waals surface area contributed by atoms with Crippen LogP contribution in [0.25, 0.3) is 0 Å². The third-order valence-electron chi connectivity index (χ3n) is 4.45. The minimum atomic E-state index is -0.0699. The van der Waals surface area contributed by atoms with Gasteiger partial charge >= 0.3 is 0 Å². The molecule has 0 unspecified atom stereocenters. The number of amides is 1. The summed E-state index contributed by atoms with van der Waals surface area (Å²) in [5.74, 6) is 0.793. The highest BCUT2D eigenvalue weighted by Gasteiger charge is 2.36. The summed E-state index contributed by atoms with van der Waals surface area (Å²) in [5, 5.41) is 8.66. The van der Waals surface area contributed by atoms with Crippen LogP contribution in [0.4, 0.5) is 0 Å². The lowest BCUT2D eigenvalue weighted by atomic mass is 10.0. The van der Waals surface area contributed by atoms with E-state index in [-0.39, 0.29) is 11.9 Å². The maximum atomic E-state index is 13.1. The summed E-state index contributed by atoms with van der Waals surface area (Å²) in [6.45, 7) is 7.23. The van der Waals surface area contributed by atoms with E-state index in [2.05, 4.69) is 10.3 Å². The van der Waals surface area contributed by atoms with E-state index in [0.29, 0.717) is 23.8 Å².